The first-order valence-corrected chi connectivity index (χ1v) is 9.20. The molecule has 27 heavy (non-hydrogen) atoms. The summed E-state index contributed by atoms with van der Waals surface area (Å²) >= 11 is 6.23. The van der Waals surface area contributed by atoms with Crippen LogP contribution in [0.4, 0.5) is 0 Å². The lowest BCUT2D eigenvalue weighted by molar-refractivity contribution is 0.158. The zero-order valence-electron chi connectivity index (χ0n) is 15.3. The Balaban J connectivity index is 1.86. The maximum Gasteiger partial charge on any atom is 0.224 e. The van der Waals surface area contributed by atoms with Crippen LogP contribution in [-0.4, -0.2) is 35.5 Å². The highest BCUT2D eigenvalue weighted by Crippen LogP contribution is 2.33. The minimum absolute atomic E-state index is 0.156. The van der Waals surface area contributed by atoms with E-state index in [1.54, 1.807) is 6.20 Å². The van der Waals surface area contributed by atoms with Crippen molar-refractivity contribution in [2.75, 3.05) is 20.6 Å². The lowest BCUT2D eigenvalue weighted by Gasteiger charge is -2.23. The van der Waals surface area contributed by atoms with E-state index < -0.39 is 0 Å². The number of hydrogen-bond donors (Lipinski definition) is 0. The van der Waals surface area contributed by atoms with Gasteiger partial charge in [-0.15, -0.1) is 0 Å². The molecule has 0 N–H and O–H groups in total. The molecular weight excluding hydrogens is 358 g/mol. The van der Waals surface area contributed by atoms with Gasteiger partial charge in [-0.1, -0.05) is 60.1 Å². The number of rotatable bonds is 5. The summed E-state index contributed by atoms with van der Waals surface area (Å²) in [4.78, 5) is 11.4. The van der Waals surface area contributed by atoms with Crippen LogP contribution in [0.3, 0.4) is 0 Å². The Morgan fingerprint density at radius 3 is 2.52 bits per heavy atom. The van der Waals surface area contributed by atoms with Gasteiger partial charge in [0.1, 0.15) is 6.10 Å². The molecule has 0 fully saturated rings. The number of aromatic nitrogens is 2. The third-order valence-electron chi connectivity index (χ3n) is 4.42. The number of hydrogen-bond acceptors (Lipinski definition) is 4. The molecule has 0 radical (unpaired) electrons. The quantitative estimate of drug-likeness (QED) is 0.452. The van der Waals surface area contributed by atoms with E-state index in [1.165, 1.54) is 0 Å². The van der Waals surface area contributed by atoms with Gasteiger partial charge in [-0.2, -0.15) is 0 Å². The van der Waals surface area contributed by atoms with Gasteiger partial charge in [-0.25, -0.2) is 4.98 Å². The fourth-order valence-electron chi connectivity index (χ4n) is 3.19. The SMILES string of the molecule is CN(C)CC(Oc1nc2ccccc2c2ncc(Cl)cc12)c1ccccc1. The van der Waals surface area contributed by atoms with Crippen LogP contribution in [-0.2, 0) is 0 Å². The summed E-state index contributed by atoms with van der Waals surface area (Å²) in [5.41, 5.74) is 2.80. The molecule has 0 aliphatic rings. The maximum atomic E-state index is 6.44. The second-order valence-electron chi connectivity index (χ2n) is 6.76. The van der Waals surface area contributed by atoms with Crippen LogP contribution in [0.1, 0.15) is 11.7 Å². The topological polar surface area (TPSA) is 38.2 Å². The minimum Gasteiger partial charge on any atom is -0.468 e. The molecule has 136 valence electrons. The van der Waals surface area contributed by atoms with Gasteiger partial charge in [0.05, 0.1) is 21.4 Å². The zero-order valence-corrected chi connectivity index (χ0v) is 16.0. The molecule has 0 saturated heterocycles. The van der Waals surface area contributed by atoms with Crippen LogP contribution < -0.4 is 4.74 Å². The molecular formula is C22H20ClN3O. The lowest BCUT2D eigenvalue weighted by atomic mass is 10.1. The van der Waals surface area contributed by atoms with Gasteiger partial charge in [-0.3, -0.25) is 4.98 Å². The molecule has 0 spiro atoms. The van der Waals surface area contributed by atoms with Gasteiger partial charge >= 0.3 is 0 Å². The molecule has 0 aliphatic carbocycles. The van der Waals surface area contributed by atoms with Crippen molar-refractivity contribution in [1.82, 2.24) is 14.9 Å². The highest BCUT2D eigenvalue weighted by molar-refractivity contribution is 6.31. The summed E-state index contributed by atoms with van der Waals surface area (Å²) in [6, 6.07) is 20.0. The van der Waals surface area contributed by atoms with Crippen molar-refractivity contribution >= 4 is 33.4 Å². The number of pyridine rings is 2. The van der Waals surface area contributed by atoms with Crippen LogP contribution in [0.2, 0.25) is 5.02 Å². The van der Waals surface area contributed by atoms with Crippen LogP contribution in [0.15, 0.2) is 66.9 Å². The monoisotopic (exact) mass is 377 g/mol. The molecule has 0 aliphatic heterocycles. The smallest absolute Gasteiger partial charge is 0.224 e. The molecule has 2 aromatic carbocycles. The van der Waals surface area contributed by atoms with E-state index in [9.17, 15) is 0 Å². The first kappa shape index (κ1) is 17.7. The average molecular weight is 378 g/mol. The van der Waals surface area contributed by atoms with E-state index in [0.29, 0.717) is 10.9 Å². The molecule has 0 saturated carbocycles. The van der Waals surface area contributed by atoms with Gasteiger partial charge in [0.15, 0.2) is 0 Å². The molecule has 0 bridgehead atoms. The summed E-state index contributed by atoms with van der Waals surface area (Å²) in [6.45, 7) is 0.730. The Morgan fingerprint density at radius 1 is 1.00 bits per heavy atom. The maximum absolute atomic E-state index is 6.44. The van der Waals surface area contributed by atoms with E-state index in [0.717, 1.165) is 33.9 Å². The van der Waals surface area contributed by atoms with Gasteiger partial charge in [-0.05, 0) is 31.8 Å². The van der Waals surface area contributed by atoms with E-state index in [4.69, 9.17) is 21.3 Å². The number of para-hydroxylation sites is 1. The van der Waals surface area contributed by atoms with Crippen molar-refractivity contribution in [2.24, 2.45) is 0 Å². The van der Waals surface area contributed by atoms with E-state index in [-0.39, 0.29) is 6.10 Å². The van der Waals surface area contributed by atoms with Crippen LogP contribution in [0.25, 0.3) is 21.8 Å². The molecule has 1 atom stereocenters. The highest BCUT2D eigenvalue weighted by atomic mass is 35.5. The first-order valence-electron chi connectivity index (χ1n) is 8.82. The number of ether oxygens (including phenoxy) is 1. The number of likely N-dealkylation sites (N-methyl/N-ethyl adjacent to an activating group) is 1. The Morgan fingerprint density at radius 2 is 1.74 bits per heavy atom. The van der Waals surface area contributed by atoms with Gasteiger partial charge in [0.2, 0.25) is 5.88 Å². The molecule has 5 heteroatoms. The number of fused-ring (bicyclic) bond motifs is 3. The summed E-state index contributed by atoms with van der Waals surface area (Å²) in [5, 5.41) is 2.37. The van der Waals surface area contributed by atoms with Gasteiger partial charge in [0, 0.05) is 18.1 Å². The van der Waals surface area contributed by atoms with Gasteiger partial charge in [0.25, 0.3) is 0 Å². The second-order valence-corrected chi connectivity index (χ2v) is 7.20. The molecule has 0 amide bonds. The minimum atomic E-state index is -0.156. The van der Waals surface area contributed by atoms with Gasteiger partial charge < -0.3 is 9.64 Å². The molecule has 4 rings (SSSR count). The lowest BCUT2D eigenvalue weighted by Crippen LogP contribution is -2.24. The van der Waals surface area contributed by atoms with Crippen molar-refractivity contribution in [3.8, 4) is 5.88 Å². The molecule has 2 heterocycles. The van der Waals surface area contributed by atoms with Crippen molar-refractivity contribution < 1.29 is 4.74 Å². The van der Waals surface area contributed by atoms with Crippen LogP contribution >= 0.6 is 11.6 Å². The fourth-order valence-corrected chi connectivity index (χ4v) is 3.35. The Bertz CT molecular complexity index is 1080. The third kappa shape index (κ3) is 3.72. The summed E-state index contributed by atoms with van der Waals surface area (Å²) in [7, 11) is 4.06. The molecule has 1 unspecified atom stereocenters. The Labute approximate surface area is 163 Å². The Kier molecular flexibility index (Phi) is 4.92. The van der Waals surface area contributed by atoms with Crippen molar-refractivity contribution in [2.45, 2.75) is 6.10 Å². The van der Waals surface area contributed by atoms with E-state index in [2.05, 4.69) is 22.0 Å². The van der Waals surface area contributed by atoms with Crippen molar-refractivity contribution in [1.29, 1.82) is 0 Å². The molecule has 2 aromatic heterocycles. The number of halogens is 1. The summed E-state index contributed by atoms with van der Waals surface area (Å²) in [5.74, 6) is 0.550. The normalized spacial score (nSPS) is 12.6. The first-order chi connectivity index (χ1) is 13.1. The predicted octanol–water partition coefficient (Wildman–Crippen LogP) is 5.12. The average Bonchev–Trinajstić information content (AvgIpc) is 2.68. The summed E-state index contributed by atoms with van der Waals surface area (Å²) in [6.07, 6.45) is 1.51. The Hall–Kier alpha value is -2.69. The number of benzene rings is 2. The largest absolute Gasteiger partial charge is 0.468 e. The van der Waals surface area contributed by atoms with Crippen LogP contribution in [0.5, 0.6) is 5.88 Å². The highest BCUT2D eigenvalue weighted by Gasteiger charge is 2.18. The fraction of sp³-hybridized carbons (Fsp3) is 0.182. The predicted molar refractivity (Wildman–Crippen MR) is 110 cm³/mol. The summed E-state index contributed by atoms with van der Waals surface area (Å²) < 4.78 is 6.44. The zero-order chi connectivity index (χ0) is 18.8. The second kappa shape index (κ2) is 7.51. The third-order valence-corrected chi connectivity index (χ3v) is 4.63. The molecule has 4 aromatic rings. The number of nitrogens with zero attached hydrogens (tertiary/aromatic N) is 3. The standard InChI is InChI=1S/C22H20ClN3O/c1-26(2)14-20(15-8-4-3-5-9-15)27-22-18-12-16(23)13-24-21(18)17-10-6-7-11-19(17)25-22/h3-13,20H,14H2,1-2H3. The van der Waals surface area contributed by atoms with Crippen molar-refractivity contribution in [3.05, 3.63) is 77.4 Å². The molecule has 4 nitrogen and oxygen atoms in total. The van der Waals surface area contributed by atoms with Crippen molar-refractivity contribution in [3.63, 3.8) is 0 Å². The van der Waals surface area contributed by atoms with Crippen LogP contribution in [0, 0.1) is 0 Å². The van der Waals surface area contributed by atoms with E-state index >= 15 is 0 Å². The van der Waals surface area contributed by atoms with E-state index in [1.807, 2.05) is 62.6 Å².